The Hall–Kier alpha value is -2.02. The molecule has 0 aliphatic carbocycles. The smallest absolute Gasteiger partial charge is 0.303 e. The number of nitrogens with zero attached hydrogens (tertiary/aromatic N) is 2. The van der Waals surface area contributed by atoms with Crippen LogP contribution in [0.3, 0.4) is 0 Å². The number of likely N-dealkylation sites (N-methyl/N-ethyl adjacent to an activating group) is 1. The normalized spacial score (nSPS) is 10.8. The highest BCUT2D eigenvalue weighted by atomic mass is 19.2. The van der Waals surface area contributed by atoms with E-state index in [2.05, 4.69) is 0 Å². The van der Waals surface area contributed by atoms with Crippen LogP contribution in [0.15, 0.2) is 18.2 Å². The molecule has 0 aliphatic rings. The molecule has 0 spiro atoms. The zero-order valence-corrected chi connectivity index (χ0v) is 12.7. The van der Waals surface area contributed by atoms with Crippen LogP contribution in [0.4, 0.5) is 8.78 Å². The van der Waals surface area contributed by atoms with Crippen LogP contribution in [-0.2, 0) is 16.1 Å². The van der Waals surface area contributed by atoms with Crippen LogP contribution < -0.4 is 0 Å². The van der Waals surface area contributed by atoms with Gasteiger partial charge in [0.25, 0.3) is 0 Å². The number of aliphatic carboxylic acids is 1. The van der Waals surface area contributed by atoms with Crippen LogP contribution in [-0.4, -0.2) is 54.0 Å². The molecule has 122 valence electrons. The zero-order valence-electron chi connectivity index (χ0n) is 12.7. The van der Waals surface area contributed by atoms with Crippen LogP contribution in [0.1, 0.15) is 18.4 Å². The van der Waals surface area contributed by atoms with E-state index >= 15 is 0 Å². The molecule has 0 saturated heterocycles. The fraction of sp³-hybridized carbons (Fsp3) is 0.467. The van der Waals surface area contributed by atoms with E-state index in [4.69, 9.17) is 5.11 Å². The van der Waals surface area contributed by atoms with E-state index in [1.165, 1.54) is 11.0 Å². The Labute approximate surface area is 128 Å². The molecule has 1 rings (SSSR count). The minimum absolute atomic E-state index is 0.115. The van der Waals surface area contributed by atoms with E-state index < -0.39 is 17.6 Å². The summed E-state index contributed by atoms with van der Waals surface area (Å²) >= 11 is 0. The molecule has 1 aromatic carbocycles. The van der Waals surface area contributed by atoms with Crippen LogP contribution in [0, 0.1) is 11.6 Å². The third-order valence-electron chi connectivity index (χ3n) is 3.08. The first kappa shape index (κ1) is 18.0. The summed E-state index contributed by atoms with van der Waals surface area (Å²) in [5.41, 5.74) is 0.460. The SMILES string of the molecule is CN(C)CCN(Cc1ccc(F)c(F)c1)C(=O)CCC(=O)O. The second-order valence-electron chi connectivity index (χ2n) is 5.26. The molecule has 22 heavy (non-hydrogen) atoms. The molecule has 0 heterocycles. The molecular formula is C15H20F2N2O3. The number of halogens is 2. The Morgan fingerprint density at radius 3 is 2.32 bits per heavy atom. The number of carboxylic acid groups (broad SMARTS) is 1. The quantitative estimate of drug-likeness (QED) is 0.794. The van der Waals surface area contributed by atoms with Gasteiger partial charge in [0.1, 0.15) is 0 Å². The summed E-state index contributed by atoms with van der Waals surface area (Å²) in [5.74, 6) is -3.29. The van der Waals surface area contributed by atoms with Crippen molar-refractivity contribution >= 4 is 11.9 Å². The Bertz CT molecular complexity index is 536. The number of carbonyl (C=O) groups is 2. The maximum atomic E-state index is 13.2. The predicted octanol–water partition coefficient (Wildman–Crippen LogP) is 1.72. The molecule has 0 saturated carbocycles. The molecule has 0 unspecified atom stereocenters. The van der Waals surface area contributed by atoms with Crippen LogP contribution >= 0.6 is 0 Å². The maximum absolute atomic E-state index is 13.2. The first-order valence-corrected chi connectivity index (χ1v) is 6.88. The number of amides is 1. The second kappa shape index (κ2) is 8.43. The molecule has 0 radical (unpaired) electrons. The third kappa shape index (κ3) is 6.17. The van der Waals surface area contributed by atoms with Gasteiger partial charge in [-0.1, -0.05) is 6.07 Å². The van der Waals surface area contributed by atoms with Gasteiger partial charge in [-0.3, -0.25) is 9.59 Å². The number of carboxylic acids is 1. The number of hydrogen-bond acceptors (Lipinski definition) is 3. The summed E-state index contributed by atoms with van der Waals surface area (Å²) in [7, 11) is 3.69. The molecule has 1 aromatic rings. The Balaban J connectivity index is 2.77. The molecule has 1 N–H and O–H groups in total. The highest BCUT2D eigenvalue weighted by Gasteiger charge is 2.16. The molecule has 0 bridgehead atoms. The maximum Gasteiger partial charge on any atom is 0.303 e. The summed E-state index contributed by atoms with van der Waals surface area (Å²) in [4.78, 5) is 26.0. The van der Waals surface area contributed by atoms with Crippen molar-refractivity contribution in [1.29, 1.82) is 0 Å². The van der Waals surface area contributed by atoms with Crippen molar-refractivity contribution < 1.29 is 23.5 Å². The lowest BCUT2D eigenvalue weighted by molar-refractivity contribution is -0.141. The van der Waals surface area contributed by atoms with Gasteiger partial charge in [0.2, 0.25) is 5.91 Å². The lowest BCUT2D eigenvalue weighted by atomic mass is 10.2. The number of benzene rings is 1. The van der Waals surface area contributed by atoms with Crippen molar-refractivity contribution in [3.63, 3.8) is 0 Å². The minimum atomic E-state index is -1.05. The molecule has 7 heteroatoms. The van der Waals surface area contributed by atoms with Gasteiger partial charge in [0, 0.05) is 26.1 Å². The monoisotopic (exact) mass is 314 g/mol. The van der Waals surface area contributed by atoms with Crippen molar-refractivity contribution in [3.05, 3.63) is 35.4 Å². The van der Waals surface area contributed by atoms with Crippen molar-refractivity contribution in [2.24, 2.45) is 0 Å². The first-order chi connectivity index (χ1) is 10.3. The fourth-order valence-electron chi connectivity index (χ4n) is 1.84. The largest absolute Gasteiger partial charge is 0.481 e. The van der Waals surface area contributed by atoms with Crippen molar-refractivity contribution in [1.82, 2.24) is 9.80 Å². The highest BCUT2D eigenvalue weighted by molar-refractivity contribution is 5.80. The minimum Gasteiger partial charge on any atom is -0.481 e. The van der Waals surface area contributed by atoms with Crippen molar-refractivity contribution in [3.8, 4) is 0 Å². The van der Waals surface area contributed by atoms with Gasteiger partial charge in [0.15, 0.2) is 11.6 Å². The topological polar surface area (TPSA) is 60.9 Å². The average molecular weight is 314 g/mol. The van der Waals surface area contributed by atoms with Gasteiger partial charge in [-0.25, -0.2) is 8.78 Å². The van der Waals surface area contributed by atoms with E-state index in [9.17, 15) is 18.4 Å². The van der Waals surface area contributed by atoms with E-state index in [-0.39, 0.29) is 25.3 Å². The molecule has 1 amide bonds. The molecule has 5 nitrogen and oxygen atoms in total. The van der Waals surface area contributed by atoms with Gasteiger partial charge in [-0.15, -0.1) is 0 Å². The summed E-state index contributed by atoms with van der Waals surface area (Å²) in [5, 5.41) is 8.65. The van der Waals surface area contributed by atoms with E-state index in [0.717, 1.165) is 12.1 Å². The standard InChI is InChI=1S/C15H20F2N2O3/c1-18(2)7-8-19(14(20)5-6-15(21)22)10-11-3-4-12(16)13(17)9-11/h3-4,9H,5-8,10H2,1-2H3,(H,21,22). The molecule has 0 atom stereocenters. The highest BCUT2D eigenvalue weighted by Crippen LogP contribution is 2.12. The van der Waals surface area contributed by atoms with Crippen molar-refractivity contribution in [2.45, 2.75) is 19.4 Å². The van der Waals surface area contributed by atoms with Crippen LogP contribution in [0.25, 0.3) is 0 Å². The number of carbonyl (C=O) groups excluding carboxylic acids is 1. The average Bonchev–Trinajstić information content (AvgIpc) is 2.44. The second-order valence-corrected chi connectivity index (χ2v) is 5.26. The summed E-state index contributed by atoms with van der Waals surface area (Å²) in [6, 6.07) is 3.46. The van der Waals surface area contributed by atoms with E-state index in [1.807, 2.05) is 19.0 Å². The van der Waals surface area contributed by atoms with Crippen LogP contribution in [0.2, 0.25) is 0 Å². The number of rotatable bonds is 8. The molecule has 0 fully saturated rings. The number of hydrogen-bond donors (Lipinski definition) is 1. The lowest BCUT2D eigenvalue weighted by Gasteiger charge is -2.24. The summed E-state index contributed by atoms with van der Waals surface area (Å²) in [6.45, 7) is 1.08. The van der Waals surface area contributed by atoms with E-state index in [1.54, 1.807) is 0 Å². The van der Waals surface area contributed by atoms with Gasteiger partial charge in [-0.05, 0) is 31.8 Å². The Morgan fingerprint density at radius 1 is 1.09 bits per heavy atom. The first-order valence-electron chi connectivity index (χ1n) is 6.88. The molecule has 0 aromatic heterocycles. The molecular weight excluding hydrogens is 294 g/mol. The van der Waals surface area contributed by atoms with Gasteiger partial charge >= 0.3 is 5.97 Å². The lowest BCUT2D eigenvalue weighted by Crippen LogP contribution is -2.36. The third-order valence-corrected chi connectivity index (χ3v) is 3.08. The summed E-state index contributed by atoms with van der Waals surface area (Å²) in [6.07, 6.45) is -0.373. The van der Waals surface area contributed by atoms with Gasteiger partial charge in [0.05, 0.1) is 6.42 Å². The summed E-state index contributed by atoms with van der Waals surface area (Å²) < 4.78 is 26.2. The Morgan fingerprint density at radius 2 is 1.77 bits per heavy atom. The fourth-order valence-corrected chi connectivity index (χ4v) is 1.84. The van der Waals surface area contributed by atoms with Gasteiger partial charge in [-0.2, -0.15) is 0 Å². The Kier molecular flexibility index (Phi) is 6.91. The molecule has 0 aliphatic heterocycles. The van der Waals surface area contributed by atoms with Crippen molar-refractivity contribution in [2.75, 3.05) is 27.2 Å². The predicted molar refractivity (Wildman–Crippen MR) is 77.2 cm³/mol. The zero-order chi connectivity index (χ0) is 16.7. The van der Waals surface area contributed by atoms with E-state index in [0.29, 0.717) is 18.7 Å². The van der Waals surface area contributed by atoms with Crippen LogP contribution in [0.5, 0.6) is 0 Å². The van der Waals surface area contributed by atoms with Gasteiger partial charge < -0.3 is 14.9 Å².